The van der Waals surface area contributed by atoms with Crippen LogP contribution < -0.4 is 4.90 Å². The van der Waals surface area contributed by atoms with Crippen molar-refractivity contribution >= 4 is 39.6 Å². The Morgan fingerprint density at radius 1 is 1.00 bits per heavy atom. The number of halogens is 3. The second kappa shape index (κ2) is 10.2. The highest BCUT2D eigenvalue weighted by atomic mass is 19.4. The standard InChI is InChI=1S/C26H24F3N3O3/c1-2-35-23(33)15-8-16-31(24(34)26(27,28)29)25-30-21-13-5-6-14-22(21)32(25)17-19-11-7-10-18-9-3-4-12-20(18)19/h3-7,9-14H,2,8,15-17H2,1H3. The third-order valence-electron chi connectivity index (χ3n) is 5.64. The Kier molecular flexibility index (Phi) is 7.04. The number of fused-ring (bicyclic) bond motifs is 2. The predicted molar refractivity (Wildman–Crippen MR) is 127 cm³/mol. The van der Waals surface area contributed by atoms with E-state index in [2.05, 4.69) is 4.98 Å². The Hall–Kier alpha value is -3.88. The smallest absolute Gasteiger partial charge is 0.466 e. The summed E-state index contributed by atoms with van der Waals surface area (Å²) in [4.78, 5) is 29.2. The van der Waals surface area contributed by atoms with E-state index in [1.165, 1.54) is 0 Å². The van der Waals surface area contributed by atoms with Gasteiger partial charge in [0.05, 0.1) is 24.2 Å². The van der Waals surface area contributed by atoms with Gasteiger partial charge in [0.1, 0.15) is 0 Å². The van der Waals surface area contributed by atoms with Crippen LogP contribution in [0.3, 0.4) is 0 Å². The van der Waals surface area contributed by atoms with Gasteiger partial charge in [0.2, 0.25) is 5.95 Å². The number of benzene rings is 3. The van der Waals surface area contributed by atoms with Crippen LogP contribution in [0.1, 0.15) is 25.3 Å². The number of alkyl halides is 3. The maximum atomic E-state index is 13.6. The molecule has 35 heavy (non-hydrogen) atoms. The Morgan fingerprint density at radius 3 is 2.49 bits per heavy atom. The molecule has 3 aromatic carbocycles. The van der Waals surface area contributed by atoms with E-state index in [-0.39, 0.29) is 38.5 Å². The van der Waals surface area contributed by atoms with E-state index in [4.69, 9.17) is 4.74 Å². The molecule has 0 saturated heterocycles. The van der Waals surface area contributed by atoms with Crippen molar-refractivity contribution in [1.29, 1.82) is 0 Å². The minimum atomic E-state index is -5.10. The van der Waals surface area contributed by atoms with Crippen LogP contribution in [-0.4, -0.2) is 40.8 Å². The number of carbonyl (C=O) groups is 2. The van der Waals surface area contributed by atoms with Gasteiger partial charge in [-0.15, -0.1) is 0 Å². The molecule has 4 rings (SSSR count). The molecule has 9 heteroatoms. The first-order valence-electron chi connectivity index (χ1n) is 11.3. The van der Waals surface area contributed by atoms with Crippen LogP contribution in [-0.2, 0) is 20.9 Å². The summed E-state index contributed by atoms with van der Waals surface area (Å²) in [7, 11) is 0. The quantitative estimate of drug-likeness (QED) is 0.312. The van der Waals surface area contributed by atoms with Crippen molar-refractivity contribution < 1.29 is 27.5 Å². The van der Waals surface area contributed by atoms with Crippen molar-refractivity contribution in [3.05, 3.63) is 72.3 Å². The predicted octanol–water partition coefficient (Wildman–Crippen LogP) is 5.48. The summed E-state index contributed by atoms with van der Waals surface area (Å²) >= 11 is 0. The number of nitrogens with zero attached hydrogens (tertiary/aromatic N) is 3. The number of ether oxygens (including phenoxy) is 1. The van der Waals surface area contributed by atoms with Gasteiger partial charge in [0, 0.05) is 13.0 Å². The van der Waals surface area contributed by atoms with E-state index in [0.29, 0.717) is 15.9 Å². The minimum absolute atomic E-state index is 0.00186. The molecule has 0 aliphatic carbocycles. The molecule has 1 amide bonds. The van der Waals surface area contributed by atoms with Crippen molar-refractivity contribution in [2.24, 2.45) is 0 Å². The number of amides is 1. The lowest BCUT2D eigenvalue weighted by Crippen LogP contribution is -2.43. The van der Waals surface area contributed by atoms with E-state index in [0.717, 1.165) is 16.3 Å². The molecule has 182 valence electrons. The van der Waals surface area contributed by atoms with Gasteiger partial charge >= 0.3 is 18.1 Å². The number of para-hydroxylation sites is 2. The molecule has 0 spiro atoms. The maximum Gasteiger partial charge on any atom is 0.471 e. The van der Waals surface area contributed by atoms with Crippen LogP contribution >= 0.6 is 0 Å². The number of hydrogen-bond acceptors (Lipinski definition) is 4. The van der Waals surface area contributed by atoms with E-state index in [1.54, 1.807) is 35.8 Å². The number of rotatable bonds is 8. The van der Waals surface area contributed by atoms with E-state index < -0.39 is 18.1 Å². The van der Waals surface area contributed by atoms with Crippen molar-refractivity contribution in [2.45, 2.75) is 32.5 Å². The fourth-order valence-corrected chi connectivity index (χ4v) is 4.09. The molecule has 1 heterocycles. The number of imidazole rings is 1. The van der Waals surface area contributed by atoms with Crippen LogP contribution in [0.25, 0.3) is 21.8 Å². The largest absolute Gasteiger partial charge is 0.471 e. The summed E-state index contributed by atoms with van der Waals surface area (Å²) in [6.07, 6.45) is -5.22. The third-order valence-corrected chi connectivity index (χ3v) is 5.64. The molecule has 0 unspecified atom stereocenters. The summed E-state index contributed by atoms with van der Waals surface area (Å²) in [5.74, 6) is -2.68. The first-order valence-corrected chi connectivity index (χ1v) is 11.3. The molecule has 0 aliphatic rings. The molecule has 0 N–H and O–H groups in total. The van der Waals surface area contributed by atoms with Gasteiger partial charge in [-0.05, 0) is 41.8 Å². The lowest BCUT2D eigenvalue weighted by molar-refractivity contribution is -0.170. The van der Waals surface area contributed by atoms with Crippen molar-refractivity contribution in [1.82, 2.24) is 9.55 Å². The fourth-order valence-electron chi connectivity index (χ4n) is 4.09. The lowest BCUT2D eigenvalue weighted by Gasteiger charge is -2.24. The van der Waals surface area contributed by atoms with E-state index in [9.17, 15) is 22.8 Å². The summed E-state index contributed by atoms with van der Waals surface area (Å²) < 4.78 is 47.3. The van der Waals surface area contributed by atoms with E-state index in [1.807, 2.05) is 42.5 Å². The summed E-state index contributed by atoms with van der Waals surface area (Å²) in [6, 6.07) is 20.4. The number of anilines is 1. The van der Waals surface area contributed by atoms with E-state index >= 15 is 0 Å². The van der Waals surface area contributed by atoms with Gasteiger partial charge in [-0.25, -0.2) is 4.98 Å². The Balaban J connectivity index is 1.78. The van der Waals surface area contributed by atoms with Crippen LogP contribution in [0.2, 0.25) is 0 Å². The molecule has 0 atom stereocenters. The molecule has 6 nitrogen and oxygen atoms in total. The summed E-state index contributed by atoms with van der Waals surface area (Å²) in [5, 5.41) is 1.95. The normalized spacial score (nSPS) is 11.7. The molecular weight excluding hydrogens is 459 g/mol. The first-order chi connectivity index (χ1) is 16.8. The average molecular weight is 483 g/mol. The minimum Gasteiger partial charge on any atom is -0.466 e. The summed E-state index contributed by atoms with van der Waals surface area (Å²) in [6.45, 7) is 1.69. The molecule has 1 aromatic heterocycles. The van der Waals surface area contributed by atoms with Crippen molar-refractivity contribution in [2.75, 3.05) is 18.1 Å². The van der Waals surface area contributed by atoms with Gasteiger partial charge < -0.3 is 9.30 Å². The van der Waals surface area contributed by atoms with Gasteiger partial charge in [0.15, 0.2) is 0 Å². The molecule has 0 radical (unpaired) electrons. The average Bonchev–Trinajstić information content (AvgIpc) is 3.19. The zero-order chi connectivity index (χ0) is 25.0. The summed E-state index contributed by atoms with van der Waals surface area (Å²) in [5.41, 5.74) is 1.94. The first kappa shape index (κ1) is 24.3. The van der Waals surface area contributed by atoms with Crippen LogP contribution in [0.15, 0.2) is 66.7 Å². The SMILES string of the molecule is CCOC(=O)CCCN(C(=O)C(F)(F)F)c1nc2ccccc2n1Cc1cccc2ccccc12. The fraction of sp³-hybridized carbons (Fsp3) is 0.269. The van der Waals surface area contributed by atoms with Gasteiger partial charge in [-0.1, -0.05) is 54.6 Å². The van der Waals surface area contributed by atoms with Crippen molar-refractivity contribution in [3.8, 4) is 0 Å². The Bertz CT molecular complexity index is 1360. The number of carbonyl (C=O) groups excluding carboxylic acids is 2. The molecule has 0 saturated carbocycles. The molecule has 0 aliphatic heterocycles. The molecule has 0 fully saturated rings. The number of esters is 1. The van der Waals surface area contributed by atoms with Gasteiger partial charge in [-0.2, -0.15) is 13.2 Å². The lowest BCUT2D eigenvalue weighted by atomic mass is 10.0. The monoisotopic (exact) mass is 483 g/mol. The van der Waals surface area contributed by atoms with Gasteiger partial charge in [-0.3, -0.25) is 14.5 Å². The molecule has 0 bridgehead atoms. The number of aromatic nitrogens is 2. The Morgan fingerprint density at radius 2 is 1.71 bits per heavy atom. The highest BCUT2D eigenvalue weighted by molar-refractivity contribution is 5.97. The second-order valence-electron chi connectivity index (χ2n) is 7.99. The van der Waals surface area contributed by atoms with Gasteiger partial charge in [0.25, 0.3) is 0 Å². The second-order valence-corrected chi connectivity index (χ2v) is 7.99. The molecule has 4 aromatic rings. The zero-order valence-electron chi connectivity index (χ0n) is 19.1. The van der Waals surface area contributed by atoms with Crippen LogP contribution in [0.4, 0.5) is 19.1 Å². The zero-order valence-corrected chi connectivity index (χ0v) is 19.1. The van der Waals surface area contributed by atoms with Crippen LogP contribution in [0, 0.1) is 0 Å². The Labute approximate surface area is 199 Å². The van der Waals surface area contributed by atoms with Crippen LogP contribution in [0.5, 0.6) is 0 Å². The number of hydrogen-bond donors (Lipinski definition) is 0. The highest BCUT2D eigenvalue weighted by Crippen LogP contribution is 2.30. The highest BCUT2D eigenvalue weighted by Gasteiger charge is 2.44. The topological polar surface area (TPSA) is 64.4 Å². The maximum absolute atomic E-state index is 13.6. The third kappa shape index (κ3) is 5.29. The van der Waals surface area contributed by atoms with Crippen molar-refractivity contribution in [3.63, 3.8) is 0 Å². The molecular formula is C26H24F3N3O3.